The second-order valence-corrected chi connectivity index (χ2v) is 6.98. The van der Waals surface area contributed by atoms with Crippen molar-refractivity contribution in [3.63, 3.8) is 0 Å². The van der Waals surface area contributed by atoms with Gasteiger partial charge < -0.3 is 5.73 Å². The van der Waals surface area contributed by atoms with Gasteiger partial charge in [0.05, 0.1) is 5.56 Å². The number of hydrogen-bond donors (Lipinski definition) is 1. The van der Waals surface area contributed by atoms with Gasteiger partial charge in [0.25, 0.3) is 0 Å². The molecule has 0 bridgehead atoms. The fourth-order valence-corrected chi connectivity index (χ4v) is 3.71. The van der Waals surface area contributed by atoms with E-state index < -0.39 is 11.7 Å². The minimum atomic E-state index is -4.27. The Morgan fingerprint density at radius 2 is 1.83 bits per heavy atom. The summed E-state index contributed by atoms with van der Waals surface area (Å²) in [6.45, 7) is 2.71. The van der Waals surface area contributed by atoms with Gasteiger partial charge in [0.2, 0.25) is 0 Å². The third-order valence-electron chi connectivity index (χ3n) is 4.25. The third kappa shape index (κ3) is 4.03. The molecule has 2 aromatic rings. The van der Waals surface area contributed by atoms with Gasteiger partial charge in [0.1, 0.15) is 0 Å². The van der Waals surface area contributed by atoms with Crippen molar-refractivity contribution in [1.82, 2.24) is 9.88 Å². The first-order valence-corrected chi connectivity index (χ1v) is 8.33. The summed E-state index contributed by atoms with van der Waals surface area (Å²) >= 11 is 1.50. The monoisotopic (exact) mass is 341 g/mol. The largest absolute Gasteiger partial charge is 0.416 e. The van der Waals surface area contributed by atoms with Gasteiger partial charge in [-0.05, 0) is 49.5 Å². The zero-order chi connectivity index (χ0) is 16.4. The van der Waals surface area contributed by atoms with Crippen molar-refractivity contribution < 1.29 is 13.2 Å². The molecule has 1 aromatic carbocycles. The summed E-state index contributed by atoms with van der Waals surface area (Å²) in [4.78, 5) is 7.54. The topological polar surface area (TPSA) is 42.1 Å². The lowest BCUT2D eigenvalue weighted by Gasteiger charge is -2.31. The van der Waals surface area contributed by atoms with E-state index in [1.807, 2.05) is 6.20 Å². The Morgan fingerprint density at radius 1 is 1.17 bits per heavy atom. The highest BCUT2D eigenvalue weighted by atomic mass is 32.1. The van der Waals surface area contributed by atoms with E-state index in [1.54, 1.807) is 12.1 Å². The van der Waals surface area contributed by atoms with Gasteiger partial charge in [-0.1, -0.05) is 12.1 Å². The quantitative estimate of drug-likeness (QED) is 0.913. The van der Waals surface area contributed by atoms with Crippen molar-refractivity contribution >= 4 is 16.5 Å². The molecule has 1 aliphatic rings. The van der Waals surface area contributed by atoms with Gasteiger partial charge in [0.15, 0.2) is 5.13 Å². The van der Waals surface area contributed by atoms with E-state index in [0.717, 1.165) is 42.9 Å². The molecule has 0 spiro atoms. The molecule has 1 fully saturated rings. The molecule has 0 unspecified atom stereocenters. The maximum absolute atomic E-state index is 12.6. The molecule has 7 heteroatoms. The number of likely N-dealkylation sites (tertiary alicyclic amines) is 1. The summed E-state index contributed by atoms with van der Waals surface area (Å²) in [5, 5.41) is 0.583. The van der Waals surface area contributed by atoms with Crippen molar-refractivity contribution in [2.24, 2.45) is 0 Å². The van der Waals surface area contributed by atoms with Gasteiger partial charge in [-0.3, -0.25) is 4.90 Å². The smallest absolute Gasteiger partial charge is 0.375 e. The first-order valence-electron chi connectivity index (χ1n) is 7.51. The zero-order valence-electron chi connectivity index (χ0n) is 12.5. The summed E-state index contributed by atoms with van der Waals surface area (Å²) in [6.07, 6.45) is -0.542. The van der Waals surface area contributed by atoms with Crippen LogP contribution in [0, 0.1) is 0 Å². The number of anilines is 1. The number of alkyl halides is 3. The van der Waals surface area contributed by atoms with Crippen molar-refractivity contribution in [2.75, 3.05) is 18.8 Å². The van der Waals surface area contributed by atoms with Gasteiger partial charge in [-0.25, -0.2) is 4.98 Å². The van der Waals surface area contributed by atoms with E-state index >= 15 is 0 Å². The third-order valence-corrected chi connectivity index (χ3v) is 5.06. The highest BCUT2D eigenvalue weighted by Crippen LogP contribution is 2.33. The summed E-state index contributed by atoms with van der Waals surface area (Å²) in [7, 11) is 0. The van der Waals surface area contributed by atoms with E-state index in [-0.39, 0.29) is 0 Å². The fraction of sp³-hybridized carbons (Fsp3) is 0.438. The molecule has 2 N–H and O–H groups in total. The van der Waals surface area contributed by atoms with Crippen LogP contribution in [0.4, 0.5) is 18.3 Å². The summed E-state index contributed by atoms with van der Waals surface area (Å²) in [5.41, 5.74) is 6.05. The highest BCUT2D eigenvalue weighted by molar-refractivity contribution is 7.15. The number of nitrogen functional groups attached to an aromatic ring is 1. The van der Waals surface area contributed by atoms with Crippen molar-refractivity contribution in [1.29, 1.82) is 0 Å². The van der Waals surface area contributed by atoms with Gasteiger partial charge in [-0.2, -0.15) is 13.2 Å². The van der Waals surface area contributed by atoms with Crippen LogP contribution in [-0.2, 0) is 12.7 Å². The van der Waals surface area contributed by atoms with Crippen molar-refractivity contribution in [2.45, 2.75) is 31.5 Å². The molecule has 0 saturated carbocycles. The molecule has 2 heterocycles. The molecule has 3 nitrogen and oxygen atoms in total. The van der Waals surface area contributed by atoms with Crippen molar-refractivity contribution in [3.8, 4) is 0 Å². The Hall–Kier alpha value is -1.60. The second-order valence-electron chi connectivity index (χ2n) is 5.84. The summed E-state index contributed by atoms with van der Waals surface area (Å²) in [6, 6.07) is 5.60. The normalized spacial score (nSPS) is 17.5. The Labute approximate surface area is 136 Å². The van der Waals surface area contributed by atoms with Gasteiger partial charge in [0, 0.05) is 17.6 Å². The Bertz CT molecular complexity index is 643. The Balaban J connectivity index is 1.56. The Kier molecular flexibility index (Phi) is 4.59. The molecule has 0 atom stereocenters. The lowest BCUT2D eigenvalue weighted by molar-refractivity contribution is -0.137. The van der Waals surface area contributed by atoms with E-state index in [1.165, 1.54) is 23.5 Å². The number of hydrogen-bond acceptors (Lipinski definition) is 4. The van der Waals surface area contributed by atoms with Crippen LogP contribution in [0.1, 0.15) is 34.8 Å². The standard InChI is InChI=1S/C16H18F3N3S/c17-16(18,19)13-3-1-11(2-4-13)12-5-7-22(8-6-12)10-14-9-21-15(20)23-14/h1-4,9,12H,5-8,10H2,(H2,20,21). The number of nitrogens with zero attached hydrogens (tertiary/aromatic N) is 2. The molecular weight excluding hydrogens is 323 g/mol. The van der Waals surface area contributed by atoms with Crippen LogP contribution in [0.5, 0.6) is 0 Å². The van der Waals surface area contributed by atoms with E-state index in [9.17, 15) is 13.2 Å². The SMILES string of the molecule is Nc1ncc(CN2CCC(c3ccc(C(F)(F)F)cc3)CC2)s1. The molecule has 1 aromatic heterocycles. The van der Waals surface area contributed by atoms with E-state index in [2.05, 4.69) is 9.88 Å². The number of nitrogens with two attached hydrogens (primary N) is 1. The number of rotatable bonds is 3. The minimum absolute atomic E-state index is 0.333. The summed E-state index contributed by atoms with van der Waals surface area (Å²) < 4.78 is 37.8. The number of benzene rings is 1. The van der Waals surface area contributed by atoms with Crippen LogP contribution in [0.15, 0.2) is 30.5 Å². The van der Waals surface area contributed by atoms with E-state index in [0.29, 0.717) is 11.0 Å². The number of thiazole rings is 1. The molecule has 124 valence electrons. The Morgan fingerprint density at radius 3 is 2.35 bits per heavy atom. The molecular formula is C16H18F3N3S. The highest BCUT2D eigenvalue weighted by Gasteiger charge is 2.30. The molecule has 0 amide bonds. The maximum atomic E-state index is 12.6. The van der Waals surface area contributed by atoms with E-state index in [4.69, 9.17) is 5.73 Å². The van der Waals surface area contributed by atoms with Crippen LogP contribution in [-0.4, -0.2) is 23.0 Å². The van der Waals surface area contributed by atoms with Crippen LogP contribution < -0.4 is 5.73 Å². The minimum Gasteiger partial charge on any atom is -0.375 e. The zero-order valence-corrected chi connectivity index (χ0v) is 13.3. The average Bonchev–Trinajstić information content (AvgIpc) is 2.92. The van der Waals surface area contributed by atoms with Crippen LogP contribution in [0.2, 0.25) is 0 Å². The lowest BCUT2D eigenvalue weighted by Crippen LogP contribution is -2.32. The fourth-order valence-electron chi connectivity index (χ4n) is 2.98. The van der Waals surface area contributed by atoms with Gasteiger partial charge in [-0.15, -0.1) is 11.3 Å². The number of aromatic nitrogens is 1. The predicted octanol–water partition coefficient (Wildman–Crippen LogP) is 4.12. The molecule has 3 rings (SSSR count). The maximum Gasteiger partial charge on any atom is 0.416 e. The summed E-state index contributed by atoms with van der Waals surface area (Å²) in [5.74, 6) is 0.333. The lowest BCUT2D eigenvalue weighted by atomic mass is 9.89. The first kappa shape index (κ1) is 16.3. The number of halogens is 3. The van der Waals surface area contributed by atoms with Crippen LogP contribution in [0.25, 0.3) is 0 Å². The predicted molar refractivity (Wildman–Crippen MR) is 85.2 cm³/mol. The average molecular weight is 341 g/mol. The van der Waals surface area contributed by atoms with Crippen molar-refractivity contribution in [3.05, 3.63) is 46.5 Å². The molecule has 1 saturated heterocycles. The first-order chi connectivity index (χ1) is 10.9. The number of piperidine rings is 1. The van der Waals surface area contributed by atoms with Crippen LogP contribution in [0.3, 0.4) is 0 Å². The second kappa shape index (κ2) is 6.49. The van der Waals surface area contributed by atoms with Gasteiger partial charge >= 0.3 is 6.18 Å². The molecule has 23 heavy (non-hydrogen) atoms. The molecule has 1 aliphatic heterocycles. The molecule has 0 aliphatic carbocycles. The molecule has 0 radical (unpaired) electrons. The van der Waals surface area contributed by atoms with Crippen LogP contribution >= 0.6 is 11.3 Å².